The van der Waals surface area contributed by atoms with Gasteiger partial charge >= 0.3 is 0 Å². The highest BCUT2D eigenvalue weighted by atomic mass is 32.1. The van der Waals surface area contributed by atoms with E-state index in [-0.39, 0.29) is 11.9 Å². The molecule has 1 aromatic rings. The van der Waals surface area contributed by atoms with E-state index >= 15 is 0 Å². The van der Waals surface area contributed by atoms with Crippen LogP contribution in [0.15, 0.2) is 24.3 Å². The summed E-state index contributed by atoms with van der Waals surface area (Å²) in [5.74, 6) is 0.0309. The molecule has 3 N–H and O–H groups in total. The zero-order chi connectivity index (χ0) is 13.0. The van der Waals surface area contributed by atoms with Crippen molar-refractivity contribution < 1.29 is 4.79 Å². The van der Waals surface area contributed by atoms with Crippen LogP contribution in [0.4, 0.5) is 5.69 Å². The van der Waals surface area contributed by atoms with Gasteiger partial charge in [0.15, 0.2) is 0 Å². The van der Waals surface area contributed by atoms with E-state index in [9.17, 15) is 4.79 Å². The van der Waals surface area contributed by atoms with Gasteiger partial charge in [-0.05, 0) is 31.2 Å². The first kappa shape index (κ1) is 13.4. The highest BCUT2D eigenvalue weighted by Crippen LogP contribution is 2.11. The van der Waals surface area contributed by atoms with Gasteiger partial charge < -0.3 is 16.0 Å². The Morgan fingerprint density at radius 2 is 1.88 bits per heavy atom. The molecule has 0 fully saturated rings. The number of benzene rings is 1. The summed E-state index contributed by atoms with van der Waals surface area (Å²) < 4.78 is 0. The maximum Gasteiger partial charge on any atom is 0.244 e. The Morgan fingerprint density at radius 3 is 2.29 bits per heavy atom. The number of anilines is 1. The van der Waals surface area contributed by atoms with Gasteiger partial charge in [0.05, 0.1) is 0 Å². The van der Waals surface area contributed by atoms with Crippen LogP contribution in [0.5, 0.6) is 0 Å². The van der Waals surface area contributed by atoms with Gasteiger partial charge in [-0.2, -0.15) is 0 Å². The number of rotatable bonds is 4. The summed E-state index contributed by atoms with van der Waals surface area (Å²) in [6.07, 6.45) is 0. The molecule has 0 spiro atoms. The highest BCUT2D eigenvalue weighted by molar-refractivity contribution is 7.80. The Kier molecular flexibility index (Phi) is 4.45. The van der Waals surface area contributed by atoms with Crippen molar-refractivity contribution in [3.8, 4) is 0 Å². The minimum Gasteiger partial charge on any atom is -0.389 e. The average Bonchev–Trinajstić information content (AvgIpc) is 2.28. The van der Waals surface area contributed by atoms with Crippen LogP contribution in [-0.4, -0.2) is 35.9 Å². The van der Waals surface area contributed by atoms with Crippen LogP contribution >= 0.6 is 12.2 Å². The summed E-state index contributed by atoms with van der Waals surface area (Å²) in [5, 5.41) is 3.11. The molecule has 92 valence electrons. The molecule has 5 heteroatoms. The molecule has 1 rings (SSSR count). The van der Waals surface area contributed by atoms with Gasteiger partial charge in [-0.3, -0.25) is 4.79 Å². The van der Waals surface area contributed by atoms with Crippen LogP contribution in [0.2, 0.25) is 0 Å². The lowest BCUT2D eigenvalue weighted by Gasteiger charge is -2.19. The number of nitrogens with one attached hydrogen (secondary N) is 1. The molecular formula is C12H17N3OS. The third-order valence-electron chi connectivity index (χ3n) is 2.36. The number of carbonyl (C=O) groups is 1. The van der Waals surface area contributed by atoms with E-state index in [0.29, 0.717) is 4.99 Å². The average molecular weight is 251 g/mol. The Hall–Kier alpha value is -1.62. The fraction of sp³-hybridized carbons (Fsp3) is 0.333. The topological polar surface area (TPSA) is 58.4 Å². The summed E-state index contributed by atoms with van der Waals surface area (Å²) in [6.45, 7) is 1.82. The molecule has 4 nitrogen and oxygen atoms in total. The van der Waals surface area contributed by atoms with Gasteiger partial charge in [-0.15, -0.1) is 0 Å². The van der Waals surface area contributed by atoms with E-state index in [1.807, 2.05) is 31.2 Å². The zero-order valence-electron chi connectivity index (χ0n) is 10.2. The van der Waals surface area contributed by atoms with Gasteiger partial charge in [0.1, 0.15) is 11.0 Å². The number of nitrogens with two attached hydrogens (primary N) is 1. The fourth-order valence-electron chi connectivity index (χ4n) is 1.43. The molecule has 0 aliphatic heterocycles. The van der Waals surface area contributed by atoms with E-state index in [4.69, 9.17) is 18.0 Å². The largest absolute Gasteiger partial charge is 0.389 e. The molecule has 0 radical (unpaired) electrons. The van der Waals surface area contributed by atoms with Gasteiger partial charge in [-0.25, -0.2) is 0 Å². The van der Waals surface area contributed by atoms with Crippen molar-refractivity contribution in [3.63, 3.8) is 0 Å². The molecular weight excluding hydrogens is 234 g/mol. The van der Waals surface area contributed by atoms with E-state index in [2.05, 4.69) is 5.32 Å². The molecule has 0 saturated heterocycles. The van der Waals surface area contributed by atoms with Crippen molar-refractivity contribution in [2.75, 3.05) is 19.4 Å². The minimum absolute atomic E-state index is 0.0309. The van der Waals surface area contributed by atoms with Crippen LogP contribution in [-0.2, 0) is 4.79 Å². The van der Waals surface area contributed by atoms with Gasteiger partial charge in [0.25, 0.3) is 0 Å². The first-order valence-electron chi connectivity index (χ1n) is 5.29. The molecule has 0 aromatic heterocycles. The van der Waals surface area contributed by atoms with Crippen LogP contribution in [0, 0.1) is 0 Å². The molecule has 0 heterocycles. The van der Waals surface area contributed by atoms with Crippen molar-refractivity contribution in [3.05, 3.63) is 29.8 Å². The first-order chi connectivity index (χ1) is 7.91. The Morgan fingerprint density at radius 1 is 1.35 bits per heavy atom. The lowest BCUT2D eigenvalue weighted by molar-refractivity contribution is -0.129. The number of likely N-dealkylation sites (N-methyl/N-ethyl adjacent to an activating group) is 1. The Labute approximate surface area is 107 Å². The SMILES string of the molecule is CC(Nc1ccc(C(N)=S)cc1)C(=O)N(C)C. The van der Waals surface area contributed by atoms with Crippen molar-refractivity contribution in [1.82, 2.24) is 4.90 Å². The predicted molar refractivity (Wildman–Crippen MR) is 74.1 cm³/mol. The standard InChI is InChI=1S/C12H17N3OS/c1-8(12(16)15(2)3)14-10-6-4-9(5-7-10)11(13)17/h4-8,14H,1-3H3,(H2,13,17). The lowest BCUT2D eigenvalue weighted by atomic mass is 10.2. The van der Waals surface area contributed by atoms with Crippen LogP contribution in [0.1, 0.15) is 12.5 Å². The number of amides is 1. The third-order valence-corrected chi connectivity index (χ3v) is 2.60. The summed E-state index contributed by atoms with van der Waals surface area (Å²) in [4.78, 5) is 13.6. The molecule has 1 atom stereocenters. The van der Waals surface area contributed by atoms with Crippen molar-refractivity contribution >= 4 is 28.8 Å². The summed E-state index contributed by atoms with van der Waals surface area (Å²) in [5.41, 5.74) is 7.19. The maximum absolute atomic E-state index is 11.6. The summed E-state index contributed by atoms with van der Waals surface area (Å²) in [7, 11) is 3.47. The number of nitrogens with zero attached hydrogens (tertiary/aromatic N) is 1. The first-order valence-corrected chi connectivity index (χ1v) is 5.70. The second-order valence-electron chi connectivity index (χ2n) is 4.04. The van der Waals surface area contributed by atoms with E-state index in [1.54, 1.807) is 19.0 Å². The molecule has 17 heavy (non-hydrogen) atoms. The number of carbonyl (C=O) groups excluding carboxylic acids is 1. The zero-order valence-corrected chi connectivity index (χ0v) is 11.0. The van der Waals surface area contributed by atoms with Crippen molar-refractivity contribution in [1.29, 1.82) is 0 Å². The normalized spacial score (nSPS) is 11.7. The number of hydrogen-bond donors (Lipinski definition) is 2. The molecule has 0 aliphatic carbocycles. The number of thiocarbonyl (C=S) groups is 1. The number of hydrogen-bond acceptors (Lipinski definition) is 3. The van der Waals surface area contributed by atoms with Gasteiger partial charge in [0.2, 0.25) is 5.91 Å². The summed E-state index contributed by atoms with van der Waals surface area (Å²) >= 11 is 4.87. The summed E-state index contributed by atoms with van der Waals surface area (Å²) in [6, 6.07) is 7.11. The molecule has 1 aromatic carbocycles. The Bertz CT molecular complexity index is 414. The molecule has 0 bridgehead atoms. The molecule has 1 amide bonds. The van der Waals surface area contributed by atoms with E-state index in [1.165, 1.54) is 0 Å². The molecule has 1 unspecified atom stereocenters. The lowest BCUT2D eigenvalue weighted by Crippen LogP contribution is -2.36. The van der Waals surface area contributed by atoms with Crippen LogP contribution in [0.25, 0.3) is 0 Å². The van der Waals surface area contributed by atoms with Gasteiger partial charge in [-0.1, -0.05) is 12.2 Å². The minimum atomic E-state index is -0.263. The van der Waals surface area contributed by atoms with Crippen molar-refractivity contribution in [2.24, 2.45) is 5.73 Å². The van der Waals surface area contributed by atoms with E-state index < -0.39 is 0 Å². The smallest absolute Gasteiger partial charge is 0.244 e. The monoisotopic (exact) mass is 251 g/mol. The van der Waals surface area contributed by atoms with Gasteiger partial charge in [0, 0.05) is 25.3 Å². The third kappa shape index (κ3) is 3.71. The quantitative estimate of drug-likeness (QED) is 0.790. The highest BCUT2D eigenvalue weighted by Gasteiger charge is 2.13. The predicted octanol–water partition coefficient (Wildman–Crippen LogP) is 1.21. The molecule has 0 aliphatic rings. The van der Waals surface area contributed by atoms with E-state index in [0.717, 1.165) is 11.3 Å². The Balaban J connectivity index is 2.69. The van der Waals surface area contributed by atoms with Crippen molar-refractivity contribution in [2.45, 2.75) is 13.0 Å². The maximum atomic E-state index is 11.6. The van der Waals surface area contributed by atoms with Crippen LogP contribution < -0.4 is 11.1 Å². The fourth-order valence-corrected chi connectivity index (χ4v) is 1.57. The second kappa shape index (κ2) is 5.63. The van der Waals surface area contributed by atoms with Crippen LogP contribution in [0.3, 0.4) is 0 Å². The molecule has 0 saturated carbocycles. The second-order valence-corrected chi connectivity index (χ2v) is 4.48.